The van der Waals surface area contributed by atoms with E-state index in [9.17, 15) is 0 Å². The van der Waals surface area contributed by atoms with Crippen molar-refractivity contribution in [3.8, 4) is 0 Å². The lowest BCUT2D eigenvalue weighted by molar-refractivity contribution is 0.105. The molecular formula is C21H40O2. The minimum absolute atomic E-state index is 0.679. The Hall–Kier alpha value is -0.500. The van der Waals surface area contributed by atoms with Crippen LogP contribution in [0.4, 0.5) is 0 Å². The Morgan fingerprint density at radius 3 is 1.78 bits per heavy atom. The highest BCUT2D eigenvalue weighted by atomic mass is 16.5. The summed E-state index contributed by atoms with van der Waals surface area (Å²) >= 11 is 0. The number of ether oxygens (including phenoxy) is 2. The number of unbranched alkanes of at least 4 members (excludes halogenated alkanes) is 13. The quantitative estimate of drug-likeness (QED) is 0.274. The Morgan fingerprint density at radius 1 is 0.783 bits per heavy atom. The van der Waals surface area contributed by atoms with Gasteiger partial charge in [-0.05, 0) is 12.5 Å². The van der Waals surface area contributed by atoms with E-state index in [1.807, 2.05) is 0 Å². The predicted octanol–water partition coefficient (Wildman–Crippen LogP) is 6.79. The van der Waals surface area contributed by atoms with Gasteiger partial charge in [0.25, 0.3) is 0 Å². The third-order valence-corrected chi connectivity index (χ3v) is 4.66. The van der Waals surface area contributed by atoms with Crippen molar-refractivity contribution >= 4 is 0 Å². The molecule has 0 unspecified atom stereocenters. The molecule has 0 saturated carbocycles. The molecule has 0 fully saturated rings. The first-order valence-electron chi connectivity index (χ1n) is 10.3. The molecule has 23 heavy (non-hydrogen) atoms. The Kier molecular flexibility index (Phi) is 14.6. The number of rotatable bonds is 17. The van der Waals surface area contributed by atoms with Crippen molar-refractivity contribution in [1.29, 1.82) is 0 Å². The van der Waals surface area contributed by atoms with Gasteiger partial charge in [-0.3, -0.25) is 0 Å². The van der Waals surface area contributed by atoms with Gasteiger partial charge in [0.15, 0.2) is 0 Å². The fourth-order valence-corrected chi connectivity index (χ4v) is 3.14. The van der Waals surface area contributed by atoms with Gasteiger partial charge in [-0.15, -0.1) is 0 Å². The Balaban J connectivity index is 1.65. The van der Waals surface area contributed by atoms with Crippen LogP contribution in [0.5, 0.6) is 0 Å². The topological polar surface area (TPSA) is 18.5 Å². The summed E-state index contributed by atoms with van der Waals surface area (Å²) in [6.45, 7) is 4.70. The summed E-state index contributed by atoms with van der Waals surface area (Å²) < 4.78 is 11.0. The third-order valence-electron chi connectivity index (χ3n) is 4.66. The first-order chi connectivity index (χ1) is 11.4. The van der Waals surface area contributed by atoms with Crippen LogP contribution in [0.3, 0.4) is 0 Å². The molecule has 2 nitrogen and oxygen atoms in total. The molecule has 1 aliphatic heterocycles. The molecule has 0 aliphatic carbocycles. The van der Waals surface area contributed by atoms with E-state index in [0.717, 1.165) is 25.4 Å². The maximum absolute atomic E-state index is 5.63. The molecule has 1 heterocycles. The monoisotopic (exact) mass is 324 g/mol. The van der Waals surface area contributed by atoms with Gasteiger partial charge in [-0.25, -0.2) is 0 Å². The number of hydrogen-bond acceptors (Lipinski definition) is 2. The third kappa shape index (κ3) is 13.6. The zero-order valence-electron chi connectivity index (χ0n) is 15.6. The molecule has 0 radical (unpaired) electrons. The molecule has 0 aromatic carbocycles. The van der Waals surface area contributed by atoms with Crippen molar-refractivity contribution in [2.24, 2.45) is 0 Å². The molecule has 0 bridgehead atoms. The van der Waals surface area contributed by atoms with E-state index in [4.69, 9.17) is 9.47 Å². The van der Waals surface area contributed by atoms with Crippen LogP contribution in [0.25, 0.3) is 0 Å². The second-order valence-corrected chi connectivity index (χ2v) is 6.96. The van der Waals surface area contributed by atoms with E-state index < -0.39 is 0 Å². The van der Waals surface area contributed by atoms with Crippen molar-refractivity contribution in [2.75, 3.05) is 19.8 Å². The Bertz CT molecular complexity index is 273. The molecule has 136 valence electrons. The van der Waals surface area contributed by atoms with Crippen LogP contribution in [-0.2, 0) is 9.47 Å². The highest BCUT2D eigenvalue weighted by Gasteiger charge is 2.04. The van der Waals surface area contributed by atoms with Crippen molar-refractivity contribution in [3.63, 3.8) is 0 Å². The maximum Gasteiger partial charge on any atom is 0.118 e. The van der Waals surface area contributed by atoms with Crippen LogP contribution in [0, 0.1) is 0 Å². The van der Waals surface area contributed by atoms with E-state index in [0.29, 0.717) is 6.61 Å². The molecule has 0 saturated heterocycles. The summed E-state index contributed by atoms with van der Waals surface area (Å²) in [4.78, 5) is 0. The molecule has 0 spiro atoms. The highest BCUT2D eigenvalue weighted by Crippen LogP contribution is 2.13. The maximum atomic E-state index is 5.63. The zero-order valence-corrected chi connectivity index (χ0v) is 15.6. The molecule has 0 atom stereocenters. The standard InChI is InChI=1S/C21H40O2/c1-2-3-4-5-6-7-8-9-10-11-12-13-14-15-18-22-20-21-17-16-19-23-21/h17H,2-16,18-20H2,1H3. The molecule has 1 aliphatic rings. The molecule has 0 aromatic heterocycles. The predicted molar refractivity (Wildman–Crippen MR) is 99.8 cm³/mol. The van der Waals surface area contributed by atoms with Crippen molar-refractivity contribution in [2.45, 2.75) is 103 Å². The summed E-state index contributed by atoms with van der Waals surface area (Å²) in [6.07, 6.45) is 22.9. The van der Waals surface area contributed by atoms with E-state index >= 15 is 0 Å². The van der Waals surface area contributed by atoms with Gasteiger partial charge in [-0.2, -0.15) is 0 Å². The first-order valence-corrected chi connectivity index (χ1v) is 10.3. The van der Waals surface area contributed by atoms with Crippen molar-refractivity contribution in [3.05, 3.63) is 11.8 Å². The van der Waals surface area contributed by atoms with E-state index in [1.165, 1.54) is 89.9 Å². The van der Waals surface area contributed by atoms with Gasteiger partial charge in [-0.1, -0.05) is 90.4 Å². The van der Waals surface area contributed by atoms with E-state index in [2.05, 4.69) is 13.0 Å². The molecule has 2 heteroatoms. The number of hydrogen-bond donors (Lipinski definition) is 0. The Labute approximate surface area is 145 Å². The molecule has 0 aromatic rings. The largest absolute Gasteiger partial charge is 0.495 e. The molecule has 0 amide bonds. The SMILES string of the molecule is CCCCCCCCCCCCCCCCOCC1=CCCO1. The van der Waals surface area contributed by atoms with Gasteiger partial charge in [0.2, 0.25) is 0 Å². The smallest absolute Gasteiger partial charge is 0.118 e. The van der Waals surface area contributed by atoms with Crippen LogP contribution in [-0.4, -0.2) is 19.8 Å². The highest BCUT2D eigenvalue weighted by molar-refractivity contribution is 4.97. The summed E-state index contributed by atoms with van der Waals surface area (Å²) in [5.74, 6) is 1.04. The second-order valence-electron chi connectivity index (χ2n) is 6.96. The first kappa shape index (κ1) is 20.5. The lowest BCUT2D eigenvalue weighted by Crippen LogP contribution is -2.00. The fourth-order valence-electron chi connectivity index (χ4n) is 3.14. The van der Waals surface area contributed by atoms with Gasteiger partial charge in [0, 0.05) is 13.0 Å². The van der Waals surface area contributed by atoms with Gasteiger partial charge >= 0.3 is 0 Å². The van der Waals surface area contributed by atoms with Gasteiger partial charge < -0.3 is 9.47 Å². The average molecular weight is 325 g/mol. The summed E-state index contributed by atoms with van der Waals surface area (Å²) in [7, 11) is 0. The second kappa shape index (κ2) is 16.4. The summed E-state index contributed by atoms with van der Waals surface area (Å²) in [6, 6.07) is 0. The van der Waals surface area contributed by atoms with E-state index in [1.54, 1.807) is 0 Å². The lowest BCUT2D eigenvalue weighted by Gasteiger charge is -2.06. The minimum Gasteiger partial charge on any atom is -0.495 e. The van der Waals surface area contributed by atoms with Gasteiger partial charge in [0.05, 0.1) is 6.61 Å². The van der Waals surface area contributed by atoms with Crippen LogP contribution >= 0.6 is 0 Å². The normalized spacial score (nSPS) is 14.0. The fraction of sp³-hybridized carbons (Fsp3) is 0.905. The van der Waals surface area contributed by atoms with Crippen LogP contribution in [0.15, 0.2) is 11.8 Å². The minimum atomic E-state index is 0.679. The average Bonchev–Trinajstić information content (AvgIpc) is 3.08. The van der Waals surface area contributed by atoms with Crippen molar-refractivity contribution < 1.29 is 9.47 Å². The van der Waals surface area contributed by atoms with Crippen molar-refractivity contribution in [1.82, 2.24) is 0 Å². The van der Waals surface area contributed by atoms with Crippen LogP contribution in [0.2, 0.25) is 0 Å². The summed E-state index contributed by atoms with van der Waals surface area (Å²) in [5, 5.41) is 0. The van der Waals surface area contributed by atoms with Crippen LogP contribution < -0.4 is 0 Å². The summed E-state index contributed by atoms with van der Waals surface area (Å²) in [5.41, 5.74) is 0. The van der Waals surface area contributed by atoms with Gasteiger partial charge in [0.1, 0.15) is 12.4 Å². The lowest BCUT2D eigenvalue weighted by atomic mass is 10.0. The van der Waals surface area contributed by atoms with E-state index in [-0.39, 0.29) is 0 Å². The molecular weight excluding hydrogens is 284 g/mol. The molecule has 0 N–H and O–H groups in total. The van der Waals surface area contributed by atoms with Crippen LogP contribution in [0.1, 0.15) is 103 Å². The Morgan fingerprint density at radius 2 is 1.30 bits per heavy atom. The molecule has 1 rings (SSSR count). The zero-order chi connectivity index (χ0) is 16.4.